The summed E-state index contributed by atoms with van der Waals surface area (Å²) in [6.45, 7) is 0. The summed E-state index contributed by atoms with van der Waals surface area (Å²) >= 11 is 13.3. The maximum Gasteiger partial charge on any atom is 0.167 e. The molecule has 0 aliphatic heterocycles. The van der Waals surface area contributed by atoms with Gasteiger partial charge in [0, 0.05) is 11.1 Å². The second-order valence-electron chi connectivity index (χ2n) is 5.26. The summed E-state index contributed by atoms with van der Waals surface area (Å²) in [6, 6.07) is 0. The lowest BCUT2D eigenvalue weighted by atomic mass is 9.93. The number of hydrogen-bond acceptors (Lipinski definition) is 3. The van der Waals surface area contributed by atoms with Crippen molar-refractivity contribution in [3.8, 4) is 0 Å². The number of fused-ring (bicyclic) bond motifs is 3. The van der Waals surface area contributed by atoms with E-state index in [2.05, 4.69) is 63.7 Å². The third-order valence-corrected chi connectivity index (χ3v) is 6.70. The van der Waals surface area contributed by atoms with Gasteiger partial charge in [-0.05, 0) is 12.2 Å². The van der Waals surface area contributed by atoms with E-state index in [9.17, 15) is 9.59 Å². The quantitative estimate of drug-likeness (QED) is 0.524. The second-order valence-corrected chi connectivity index (χ2v) is 9.01. The summed E-state index contributed by atoms with van der Waals surface area (Å²) in [7, 11) is 0. The van der Waals surface area contributed by atoms with E-state index < -0.39 is 8.65 Å². The van der Waals surface area contributed by atoms with E-state index in [1.165, 1.54) is 0 Å². The van der Waals surface area contributed by atoms with E-state index in [-0.39, 0.29) is 22.2 Å². The monoisotopic (exact) mass is 566 g/mol. The highest BCUT2D eigenvalue weighted by atomic mass is 79.9. The zero-order chi connectivity index (χ0) is 16.8. The van der Waals surface area contributed by atoms with Crippen LogP contribution in [0.2, 0.25) is 0 Å². The van der Waals surface area contributed by atoms with E-state index in [0.29, 0.717) is 10.8 Å². The van der Waals surface area contributed by atoms with Crippen LogP contribution in [0.3, 0.4) is 0 Å². The Balaban J connectivity index is 2.17. The zero-order valence-corrected chi connectivity index (χ0v) is 18.0. The van der Waals surface area contributed by atoms with E-state index in [4.69, 9.17) is 4.42 Å². The average Bonchev–Trinajstić information content (AvgIpc) is 2.88. The maximum absolute atomic E-state index is 12.1. The molecule has 2 atom stereocenters. The molecule has 0 saturated heterocycles. The Morgan fingerprint density at radius 3 is 1.61 bits per heavy atom. The fraction of sp³-hybridized carbons (Fsp3) is 0.250. The molecule has 1 aromatic heterocycles. The molecule has 0 fully saturated rings. The minimum Gasteiger partial charge on any atom is -0.457 e. The van der Waals surface area contributed by atoms with Gasteiger partial charge in [0.15, 0.2) is 11.6 Å². The van der Waals surface area contributed by atoms with Gasteiger partial charge in [-0.2, -0.15) is 0 Å². The van der Waals surface area contributed by atoms with Crippen LogP contribution in [0.1, 0.15) is 11.1 Å². The summed E-state index contributed by atoms with van der Waals surface area (Å²) in [6.07, 6.45) is 10.9. The number of carbonyl (C=O) groups is 2. The molecule has 0 bridgehead atoms. The zero-order valence-electron chi connectivity index (χ0n) is 11.6. The topological polar surface area (TPSA) is 47.3 Å². The summed E-state index contributed by atoms with van der Waals surface area (Å²) in [4.78, 5) is 24.2. The minimum atomic E-state index is -0.870. The lowest BCUT2D eigenvalue weighted by molar-refractivity contribution is -0.117. The van der Waals surface area contributed by atoms with Crippen molar-refractivity contribution in [3.63, 3.8) is 0 Å². The number of hydrogen-bond donors (Lipinski definition) is 0. The molecule has 0 saturated carbocycles. The molecule has 120 valence electrons. The van der Waals surface area contributed by atoms with Gasteiger partial charge in [0.05, 0.1) is 10.7 Å². The number of allylic oxidation sites excluding steroid dienone is 2. The van der Waals surface area contributed by atoms with Gasteiger partial charge in [-0.25, -0.2) is 0 Å². The van der Waals surface area contributed by atoms with Crippen LogP contribution in [0.5, 0.6) is 0 Å². The SMILES string of the molecule is O=C(CBr)C1(Br)C=Cc2c3c(oc2=C1)=CC(Br)(C(=O)CBr)C=C3. The molecule has 1 aromatic rings. The van der Waals surface area contributed by atoms with Gasteiger partial charge in [0.1, 0.15) is 19.5 Å². The molecule has 0 N–H and O–H groups in total. The summed E-state index contributed by atoms with van der Waals surface area (Å²) in [5, 5.41) is 0.482. The van der Waals surface area contributed by atoms with Gasteiger partial charge in [-0.1, -0.05) is 88.0 Å². The smallest absolute Gasteiger partial charge is 0.167 e. The number of alkyl halides is 4. The van der Waals surface area contributed by atoms with E-state index in [1.807, 2.05) is 24.3 Å². The Labute approximate surface area is 166 Å². The summed E-state index contributed by atoms with van der Waals surface area (Å²) in [5.74, 6) is -0.0322. The maximum atomic E-state index is 12.1. The van der Waals surface area contributed by atoms with Gasteiger partial charge < -0.3 is 4.42 Å². The van der Waals surface area contributed by atoms with Crippen LogP contribution >= 0.6 is 63.7 Å². The molecule has 0 radical (unpaired) electrons. The van der Waals surface area contributed by atoms with E-state index >= 15 is 0 Å². The fourth-order valence-corrected chi connectivity index (χ4v) is 5.13. The Morgan fingerprint density at radius 1 is 0.870 bits per heavy atom. The highest BCUT2D eigenvalue weighted by molar-refractivity contribution is 9.11. The van der Waals surface area contributed by atoms with Crippen LogP contribution in [-0.4, -0.2) is 30.9 Å². The third-order valence-electron chi connectivity index (χ3n) is 3.81. The average molecular weight is 570 g/mol. The first kappa shape index (κ1) is 17.6. The van der Waals surface area contributed by atoms with Crippen molar-refractivity contribution in [2.45, 2.75) is 8.65 Å². The molecular weight excluding hydrogens is 560 g/mol. The number of halogens is 4. The van der Waals surface area contributed by atoms with E-state index in [1.54, 1.807) is 12.2 Å². The third kappa shape index (κ3) is 2.94. The van der Waals surface area contributed by atoms with Crippen LogP contribution in [-0.2, 0) is 9.59 Å². The number of ketones is 2. The van der Waals surface area contributed by atoms with Crippen LogP contribution in [0.25, 0.3) is 24.3 Å². The number of Topliss-reactive ketones (excluding diaryl/α,β-unsaturated/α-hetero) is 2. The van der Waals surface area contributed by atoms with Crippen molar-refractivity contribution in [1.29, 1.82) is 0 Å². The lowest BCUT2D eigenvalue weighted by Crippen LogP contribution is -2.32. The van der Waals surface area contributed by atoms with Crippen molar-refractivity contribution in [3.05, 3.63) is 34.1 Å². The Bertz CT molecular complexity index is 809. The standard InChI is InChI=1S/C16H10Br4O3/c17-7-13(21)15(19)3-1-9-10-2-4-16(20,14(22)8-18)6-12(10)23-11(9)5-15/h1-6H,7-8H2. The molecule has 1 heterocycles. The van der Waals surface area contributed by atoms with Crippen molar-refractivity contribution >= 4 is 99.6 Å². The van der Waals surface area contributed by atoms with Crippen molar-refractivity contribution in [1.82, 2.24) is 0 Å². The molecule has 0 aromatic carbocycles. The first-order chi connectivity index (χ1) is 10.8. The molecule has 7 heteroatoms. The minimum absolute atomic E-state index is 0.0161. The summed E-state index contributed by atoms with van der Waals surface area (Å²) in [5.41, 5.74) is 3.05. The first-order valence-corrected chi connectivity index (χ1v) is 10.5. The molecule has 23 heavy (non-hydrogen) atoms. The van der Waals surface area contributed by atoms with Crippen LogP contribution in [0, 0.1) is 0 Å². The number of rotatable bonds is 4. The lowest BCUT2D eigenvalue weighted by Gasteiger charge is -2.19. The molecule has 2 unspecified atom stereocenters. The van der Waals surface area contributed by atoms with Crippen LogP contribution in [0.15, 0.2) is 16.6 Å². The van der Waals surface area contributed by atoms with Gasteiger partial charge in [-0.15, -0.1) is 0 Å². The Morgan fingerprint density at radius 2 is 1.26 bits per heavy atom. The van der Waals surface area contributed by atoms with Crippen molar-refractivity contribution < 1.29 is 14.0 Å². The van der Waals surface area contributed by atoms with Crippen molar-refractivity contribution in [2.75, 3.05) is 10.7 Å². The Hall–Kier alpha value is -0.240. The largest absolute Gasteiger partial charge is 0.457 e. The molecule has 2 aliphatic rings. The number of carbonyl (C=O) groups excluding carboxylic acids is 2. The second kappa shape index (κ2) is 6.24. The predicted molar refractivity (Wildman–Crippen MR) is 106 cm³/mol. The highest BCUT2D eigenvalue weighted by Crippen LogP contribution is 2.31. The van der Waals surface area contributed by atoms with Crippen LogP contribution < -0.4 is 10.8 Å². The van der Waals surface area contributed by atoms with E-state index in [0.717, 1.165) is 11.1 Å². The molecule has 3 rings (SSSR count). The van der Waals surface area contributed by atoms with Gasteiger partial charge >= 0.3 is 0 Å². The molecule has 0 amide bonds. The highest BCUT2D eigenvalue weighted by Gasteiger charge is 2.35. The molecule has 0 spiro atoms. The van der Waals surface area contributed by atoms with Gasteiger partial charge in [0.25, 0.3) is 0 Å². The summed E-state index contributed by atoms with van der Waals surface area (Å²) < 4.78 is 4.16. The van der Waals surface area contributed by atoms with Crippen molar-refractivity contribution in [2.24, 2.45) is 0 Å². The molecule has 3 nitrogen and oxygen atoms in total. The number of furan rings is 1. The predicted octanol–water partition coefficient (Wildman–Crippen LogP) is 3.09. The fourth-order valence-electron chi connectivity index (χ4n) is 2.49. The molecule has 2 aliphatic carbocycles. The van der Waals surface area contributed by atoms with Gasteiger partial charge in [0.2, 0.25) is 0 Å². The van der Waals surface area contributed by atoms with Crippen LogP contribution in [0.4, 0.5) is 0 Å². The first-order valence-electron chi connectivity index (χ1n) is 6.66. The molecular formula is C16H10Br4O3. The van der Waals surface area contributed by atoms with Gasteiger partial charge in [-0.3, -0.25) is 9.59 Å². The normalized spacial score (nSPS) is 27.7. The Kier molecular flexibility index (Phi) is 4.77.